The fourth-order valence-corrected chi connectivity index (χ4v) is 2.47. The van der Waals surface area contributed by atoms with Crippen molar-refractivity contribution < 1.29 is 14.1 Å². The minimum atomic E-state index is -0.436. The molecule has 6 nitrogen and oxygen atoms in total. The van der Waals surface area contributed by atoms with E-state index in [1.807, 2.05) is 53.0 Å². The van der Waals surface area contributed by atoms with Gasteiger partial charge in [-0.05, 0) is 57.9 Å². The molecule has 1 aliphatic heterocycles. The number of hydrogen-bond acceptors (Lipinski definition) is 5. The lowest BCUT2D eigenvalue weighted by Gasteiger charge is -2.32. The van der Waals surface area contributed by atoms with Gasteiger partial charge in [0.25, 0.3) is 5.91 Å². The number of carbonyl (C=O) groups is 1. The summed E-state index contributed by atoms with van der Waals surface area (Å²) >= 11 is 0. The number of hydrazine groups is 1. The lowest BCUT2D eigenvalue weighted by atomic mass is 9.77. The van der Waals surface area contributed by atoms with Crippen molar-refractivity contribution in [1.29, 1.82) is 0 Å². The van der Waals surface area contributed by atoms with Crippen molar-refractivity contribution in [3.05, 3.63) is 40.9 Å². The lowest BCUT2D eigenvalue weighted by molar-refractivity contribution is 0.00578. The number of nitrogens with two attached hydrogens (primary N) is 1. The first-order chi connectivity index (χ1) is 11.2. The molecule has 1 amide bonds. The molecular weight excluding hydrogens is 305 g/mol. The van der Waals surface area contributed by atoms with E-state index in [1.165, 1.54) is 0 Å². The second-order valence-corrected chi connectivity index (χ2v) is 6.94. The zero-order chi connectivity index (χ0) is 18.0. The van der Waals surface area contributed by atoms with Crippen molar-refractivity contribution in [2.24, 2.45) is 5.84 Å². The smallest absolute Gasteiger partial charge is 0.400 e. The Morgan fingerprint density at radius 2 is 1.88 bits per heavy atom. The van der Waals surface area contributed by atoms with E-state index in [1.54, 1.807) is 12.1 Å². The summed E-state index contributed by atoms with van der Waals surface area (Å²) in [5.41, 5.74) is 3.70. The predicted octanol–water partition coefficient (Wildman–Crippen LogP) is 1.52. The maximum atomic E-state index is 11.7. The Balaban J connectivity index is 2.31. The third kappa shape index (κ3) is 3.87. The molecule has 4 N–H and O–H groups in total. The fourth-order valence-electron chi connectivity index (χ4n) is 2.47. The SMILES string of the molecule is CNCC(=Cc1cccc(C(=O)NN)c1)B1OC(C)(C)C(C)(C)O1. The Hall–Kier alpha value is -1.67. The van der Waals surface area contributed by atoms with Gasteiger partial charge >= 0.3 is 7.12 Å². The summed E-state index contributed by atoms with van der Waals surface area (Å²) < 4.78 is 12.2. The summed E-state index contributed by atoms with van der Waals surface area (Å²) in [4.78, 5) is 11.7. The van der Waals surface area contributed by atoms with Crippen LogP contribution < -0.4 is 16.6 Å². The van der Waals surface area contributed by atoms with Gasteiger partial charge in [-0.25, -0.2) is 5.84 Å². The number of amides is 1. The molecule has 0 unspecified atom stereocenters. The van der Waals surface area contributed by atoms with Crippen LogP contribution in [-0.2, 0) is 9.31 Å². The van der Waals surface area contributed by atoms with Crippen LogP contribution in [0.4, 0.5) is 0 Å². The summed E-state index contributed by atoms with van der Waals surface area (Å²) in [6.45, 7) is 8.71. The highest BCUT2D eigenvalue weighted by Crippen LogP contribution is 2.38. The Kier molecular flexibility index (Phi) is 5.50. The molecular formula is C17H26BN3O3. The van der Waals surface area contributed by atoms with Crippen LogP contribution in [-0.4, -0.2) is 37.8 Å². The maximum Gasteiger partial charge on any atom is 0.491 e. The number of rotatable bonds is 5. The summed E-state index contributed by atoms with van der Waals surface area (Å²) in [6, 6.07) is 7.24. The summed E-state index contributed by atoms with van der Waals surface area (Å²) in [6.07, 6.45) is 1.98. The number of benzene rings is 1. The molecule has 1 aromatic carbocycles. The van der Waals surface area contributed by atoms with E-state index in [0.29, 0.717) is 12.1 Å². The average molecular weight is 331 g/mol. The molecule has 0 radical (unpaired) electrons. The molecule has 0 saturated carbocycles. The zero-order valence-corrected chi connectivity index (χ0v) is 15.0. The fraction of sp³-hybridized carbons (Fsp3) is 0.471. The number of likely N-dealkylation sites (N-methyl/N-ethyl adjacent to an activating group) is 1. The highest BCUT2D eigenvalue weighted by molar-refractivity contribution is 6.55. The minimum absolute atomic E-state index is 0.323. The Morgan fingerprint density at radius 3 is 2.42 bits per heavy atom. The van der Waals surface area contributed by atoms with Crippen LogP contribution in [0.2, 0.25) is 0 Å². The normalized spacial score (nSPS) is 19.4. The first kappa shape index (κ1) is 18.7. The van der Waals surface area contributed by atoms with Gasteiger partial charge in [0, 0.05) is 12.1 Å². The molecule has 24 heavy (non-hydrogen) atoms. The lowest BCUT2D eigenvalue weighted by Crippen LogP contribution is -2.41. The predicted molar refractivity (Wildman–Crippen MR) is 96.1 cm³/mol. The van der Waals surface area contributed by atoms with E-state index in [4.69, 9.17) is 15.2 Å². The molecule has 0 aromatic heterocycles. The minimum Gasteiger partial charge on any atom is -0.400 e. The van der Waals surface area contributed by atoms with Crippen molar-refractivity contribution in [1.82, 2.24) is 10.7 Å². The number of nitrogen functional groups attached to an aromatic ring is 1. The molecule has 0 aliphatic carbocycles. The molecule has 0 spiro atoms. The van der Waals surface area contributed by atoms with Gasteiger partial charge in [0.1, 0.15) is 0 Å². The molecule has 1 saturated heterocycles. The molecule has 7 heteroatoms. The Labute approximate surface area is 143 Å². The second-order valence-electron chi connectivity index (χ2n) is 6.94. The largest absolute Gasteiger partial charge is 0.491 e. The average Bonchev–Trinajstić information content (AvgIpc) is 2.74. The van der Waals surface area contributed by atoms with Crippen molar-refractivity contribution in [3.63, 3.8) is 0 Å². The Morgan fingerprint density at radius 1 is 1.25 bits per heavy atom. The number of hydrogen-bond donors (Lipinski definition) is 3. The molecule has 0 bridgehead atoms. The van der Waals surface area contributed by atoms with Crippen LogP contribution in [0.25, 0.3) is 6.08 Å². The van der Waals surface area contributed by atoms with Crippen LogP contribution >= 0.6 is 0 Å². The highest BCUT2D eigenvalue weighted by Gasteiger charge is 2.52. The van der Waals surface area contributed by atoms with E-state index in [-0.39, 0.29) is 5.91 Å². The van der Waals surface area contributed by atoms with Crippen molar-refractivity contribution in [2.45, 2.75) is 38.9 Å². The molecule has 1 heterocycles. The summed E-state index contributed by atoms with van der Waals surface area (Å²) in [7, 11) is 1.44. The topological polar surface area (TPSA) is 85.6 Å². The van der Waals surface area contributed by atoms with Crippen LogP contribution in [0, 0.1) is 0 Å². The van der Waals surface area contributed by atoms with E-state index in [0.717, 1.165) is 11.0 Å². The number of carbonyl (C=O) groups excluding carboxylic acids is 1. The first-order valence-corrected chi connectivity index (χ1v) is 8.02. The van der Waals surface area contributed by atoms with Gasteiger partial charge < -0.3 is 14.6 Å². The molecule has 1 aliphatic rings. The molecule has 130 valence electrons. The summed E-state index contributed by atoms with van der Waals surface area (Å²) in [5, 5.41) is 3.14. The highest BCUT2D eigenvalue weighted by atomic mass is 16.7. The second kappa shape index (κ2) is 7.07. The zero-order valence-electron chi connectivity index (χ0n) is 15.0. The van der Waals surface area contributed by atoms with Crippen LogP contribution in [0.1, 0.15) is 43.6 Å². The van der Waals surface area contributed by atoms with Crippen LogP contribution in [0.3, 0.4) is 0 Å². The molecule has 0 atom stereocenters. The van der Waals surface area contributed by atoms with Gasteiger partial charge in [-0.15, -0.1) is 0 Å². The first-order valence-electron chi connectivity index (χ1n) is 8.02. The third-order valence-corrected chi connectivity index (χ3v) is 4.57. The van der Waals surface area contributed by atoms with Crippen molar-refractivity contribution in [2.75, 3.05) is 13.6 Å². The molecule has 1 aromatic rings. The third-order valence-electron chi connectivity index (χ3n) is 4.57. The van der Waals surface area contributed by atoms with Gasteiger partial charge in [0.2, 0.25) is 0 Å². The van der Waals surface area contributed by atoms with Gasteiger partial charge in [-0.2, -0.15) is 0 Å². The maximum absolute atomic E-state index is 11.7. The summed E-state index contributed by atoms with van der Waals surface area (Å²) in [5.74, 6) is 4.87. The van der Waals surface area contributed by atoms with Gasteiger partial charge in [-0.3, -0.25) is 10.2 Å². The van der Waals surface area contributed by atoms with Gasteiger partial charge in [-0.1, -0.05) is 18.2 Å². The van der Waals surface area contributed by atoms with Crippen molar-refractivity contribution >= 4 is 19.1 Å². The van der Waals surface area contributed by atoms with Crippen LogP contribution in [0.5, 0.6) is 0 Å². The number of nitrogens with one attached hydrogen (secondary N) is 2. The quantitative estimate of drug-likeness (QED) is 0.330. The van der Waals surface area contributed by atoms with Crippen LogP contribution in [0.15, 0.2) is 29.7 Å². The molecule has 1 fully saturated rings. The van der Waals surface area contributed by atoms with Gasteiger partial charge in [0.05, 0.1) is 11.2 Å². The monoisotopic (exact) mass is 331 g/mol. The Bertz CT molecular complexity index is 628. The van der Waals surface area contributed by atoms with Gasteiger partial charge in [0.15, 0.2) is 0 Å². The van der Waals surface area contributed by atoms with E-state index in [2.05, 4.69) is 10.7 Å². The van der Waals surface area contributed by atoms with E-state index >= 15 is 0 Å². The standard InChI is InChI=1S/C17H26BN3O3/c1-16(2)17(3,4)24-18(23-16)14(11-20-5)10-12-7-6-8-13(9-12)15(22)21-19/h6-10,20H,11,19H2,1-5H3,(H,21,22). The molecule has 2 rings (SSSR count). The van der Waals surface area contributed by atoms with E-state index in [9.17, 15) is 4.79 Å². The van der Waals surface area contributed by atoms with E-state index < -0.39 is 18.3 Å². The van der Waals surface area contributed by atoms with Crippen molar-refractivity contribution in [3.8, 4) is 0 Å².